The topological polar surface area (TPSA) is 74.7 Å². The average Bonchev–Trinajstić information content (AvgIpc) is 2.57. The number of hydrogen-bond donors (Lipinski definition) is 1. The third kappa shape index (κ3) is 3.31. The Bertz CT molecular complexity index is 363. The van der Waals surface area contributed by atoms with Gasteiger partial charge in [0.05, 0.1) is 24.0 Å². The van der Waals surface area contributed by atoms with Gasteiger partial charge in [0, 0.05) is 13.1 Å². The summed E-state index contributed by atoms with van der Waals surface area (Å²) >= 11 is 0. The minimum Gasteiger partial charge on any atom is -0.395 e. The van der Waals surface area contributed by atoms with Crippen LogP contribution in [0.5, 0.6) is 0 Å². The molecular weight excluding hydrogens is 230 g/mol. The van der Waals surface area contributed by atoms with Crippen molar-refractivity contribution in [2.45, 2.75) is 6.42 Å². The largest absolute Gasteiger partial charge is 0.395 e. The molecule has 5 nitrogen and oxygen atoms in total. The fourth-order valence-corrected chi connectivity index (χ4v) is 3.55. The molecule has 1 amide bonds. The zero-order chi connectivity index (χ0) is 12.2. The molecule has 16 heavy (non-hydrogen) atoms. The zero-order valence-corrected chi connectivity index (χ0v) is 9.95. The number of carbonyl (C=O) groups is 1. The predicted molar refractivity (Wildman–Crippen MR) is 60.6 cm³/mol. The molecule has 1 N–H and O–H groups in total. The van der Waals surface area contributed by atoms with E-state index in [0.29, 0.717) is 13.0 Å². The summed E-state index contributed by atoms with van der Waals surface area (Å²) in [6.07, 6.45) is 1.96. The maximum absolute atomic E-state index is 11.9. The molecule has 0 aliphatic carbocycles. The number of hydrogen-bond acceptors (Lipinski definition) is 4. The van der Waals surface area contributed by atoms with Gasteiger partial charge in [-0.1, -0.05) is 6.08 Å². The molecule has 0 bridgehead atoms. The van der Waals surface area contributed by atoms with Gasteiger partial charge in [0.15, 0.2) is 9.84 Å². The lowest BCUT2D eigenvalue weighted by Crippen LogP contribution is -2.38. The second-order valence-corrected chi connectivity index (χ2v) is 6.13. The van der Waals surface area contributed by atoms with Crippen molar-refractivity contribution in [2.24, 2.45) is 5.92 Å². The van der Waals surface area contributed by atoms with E-state index in [-0.39, 0.29) is 30.6 Å². The Morgan fingerprint density at radius 1 is 1.56 bits per heavy atom. The zero-order valence-electron chi connectivity index (χ0n) is 9.13. The van der Waals surface area contributed by atoms with Crippen LogP contribution in [-0.4, -0.2) is 55.5 Å². The average molecular weight is 247 g/mol. The van der Waals surface area contributed by atoms with Crippen LogP contribution in [0.4, 0.5) is 0 Å². The summed E-state index contributed by atoms with van der Waals surface area (Å²) in [5.74, 6) is -0.624. The minimum atomic E-state index is -3.04. The molecule has 1 unspecified atom stereocenters. The molecule has 0 radical (unpaired) electrons. The van der Waals surface area contributed by atoms with E-state index in [0.717, 1.165) is 0 Å². The lowest BCUT2D eigenvalue weighted by molar-refractivity contribution is -0.134. The van der Waals surface area contributed by atoms with Gasteiger partial charge in [-0.05, 0) is 6.42 Å². The fraction of sp³-hybridized carbons (Fsp3) is 0.700. The Morgan fingerprint density at radius 3 is 2.69 bits per heavy atom. The first-order valence-electron chi connectivity index (χ1n) is 5.21. The maximum Gasteiger partial charge on any atom is 0.227 e. The highest BCUT2D eigenvalue weighted by molar-refractivity contribution is 7.91. The number of rotatable bonds is 5. The molecule has 0 aromatic carbocycles. The molecule has 0 aromatic heterocycles. The van der Waals surface area contributed by atoms with E-state index in [2.05, 4.69) is 6.58 Å². The maximum atomic E-state index is 11.9. The Labute approximate surface area is 95.7 Å². The van der Waals surface area contributed by atoms with Gasteiger partial charge in [-0.25, -0.2) is 8.42 Å². The Morgan fingerprint density at radius 2 is 2.25 bits per heavy atom. The Balaban J connectivity index is 2.64. The second-order valence-electron chi connectivity index (χ2n) is 3.90. The van der Waals surface area contributed by atoms with Gasteiger partial charge >= 0.3 is 0 Å². The third-order valence-electron chi connectivity index (χ3n) is 2.61. The van der Waals surface area contributed by atoms with Gasteiger partial charge in [-0.2, -0.15) is 0 Å². The first kappa shape index (κ1) is 13.2. The Hall–Kier alpha value is -0.880. The van der Waals surface area contributed by atoms with Gasteiger partial charge < -0.3 is 10.0 Å². The molecule has 0 spiro atoms. The van der Waals surface area contributed by atoms with Gasteiger partial charge in [0.25, 0.3) is 0 Å². The molecule has 92 valence electrons. The van der Waals surface area contributed by atoms with Crippen LogP contribution < -0.4 is 0 Å². The van der Waals surface area contributed by atoms with Crippen LogP contribution in [0.1, 0.15) is 6.42 Å². The first-order chi connectivity index (χ1) is 7.50. The number of sulfone groups is 1. The number of amides is 1. The third-order valence-corrected chi connectivity index (χ3v) is 4.38. The normalized spacial score (nSPS) is 22.9. The minimum absolute atomic E-state index is 0.0646. The molecule has 6 heteroatoms. The number of carbonyl (C=O) groups excluding carboxylic acids is 1. The molecule has 1 saturated heterocycles. The molecule has 1 fully saturated rings. The van der Waals surface area contributed by atoms with Crippen molar-refractivity contribution in [3.63, 3.8) is 0 Å². The highest BCUT2D eigenvalue weighted by Gasteiger charge is 2.34. The smallest absolute Gasteiger partial charge is 0.227 e. The van der Waals surface area contributed by atoms with E-state index in [1.807, 2.05) is 0 Å². The van der Waals surface area contributed by atoms with Gasteiger partial charge in [-0.3, -0.25) is 4.79 Å². The van der Waals surface area contributed by atoms with Gasteiger partial charge in [-0.15, -0.1) is 6.58 Å². The second kappa shape index (κ2) is 5.45. The van der Waals surface area contributed by atoms with Crippen LogP contribution in [0.15, 0.2) is 12.7 Å². The highest BCUT2D eigenvalue weighted by Crippen LogP contribution is 2.20. The van der Waals surface area contributed by atoms with Crippen LogP contribution in [0.25, 0.3) is 0 Å². The molecule has 0 saturated carbocycles. The van der Waals surface area contributed by atoms with E-state index >= 15 is 0 Å². The van der Waals surface area contributed by atoms with Crippen LogP contribution in [0.3, 0.4) is 0 Å². The first-order valence-corrected chi connectivity index (χ1v) is 7.03. The predicted octanol–water partition coefficient (Wildman–Crippen LogP) is -0.572. The molecule has 0 aromatic rings. The van der Waals surface area contributed by atoms with Crippen LogP contribution >= 0.6 is 0 Å². The van der Waals surface area contributed by atoms with Crippen LogP contribution in [-0.2, 0) is 14.6 Å². The summed E-state index contributed by atoms with van der Waals surface area (Å²) in [5.41, 5.74) is 0. The van der Waals surface area contributed by atoms with Crippen molar-refractivity contribution in [2.75, 3.05) is 31.2 Å². The van der Waals surface area contributed by atoms with Crippen molar-refractivity contribution in [3.8, 4) is 0 Å². The molecular formula is C10H17NO4S. The van der Waals surface area contributed by atoms with E-state index in [4.69, 9.17) is 5.11 Å². The quantitative estimate of drug-likeness (QED) is 0.660. The summed E-state index contributed by atoms with van der Waals surface area (Å²) in [6, 6.07) is 0. The van der Waals surface area contributed by atoms with Crippen molar-refractivity contribution >= 4 is 15.7 Å². The Kier molecular flexibility index (Phi) is 4.49. The summed E-state index contributed by atoms with van der Waals surface area (Å²) < 4.78 is 22.5. The number of aliphatic hydroxyl groups excluding tert-OH is 1. The van der Waals surface area contributed by atoms with Crippen molar-refractivity contribution in [3.05, 3.63) is 12.7 Å². The highest BCUT2D eigenvalue weighted by atomic mass is 32.2. The summed E-state index contributed by atoms with van der Waals surface area (Å²) in [5, 5.41) is 8.81. The van der Waals surface area contributed by atoms with E-state index in [1.165, 1.54) is 4.90 Å². The molecule has 1 aliphatic rings. The molecule has 1 atom stereocenters. The molecule has 1 heterocycles. The molecule has 1 rings (SSSR count). The van der Waals surface area contributed by atoms with E-state index < -0.39 is 15.8 Å². The summed E-state index contributed by atoms with van der Waals surface area (Å²) in [6.45, 7) is 3.97. The van der Waals surface area contributed by atoms with E-state index in [1.54, 1.807) is 6.08 Å². The lowest BCUT2D eigenvalue weighted by atomic mass is 10.1. The van der Waals surface area contributed by atoms with Crippen molar-refractivity contribution in [1.82, 2.24) is 4.90 Å². The standard InChI is InChI=1S/C10H17NO4S/c1-2-4-11(5-6-12)10(13)9-3-7-16(14,15)8-9/h2,9,12H,1,3-8H2. The summed E-state index contributed by atoms with van der Waals surface area (Å²) in [7, 11) is -3.04. The number of aliphatic hydroxyl groups is 1. The van der Waals surface area contributed by atoms with Gasteiger partial charge in [0.1, 0.15) is 0 Å². The van der Waals surface area contributed by atoms with Crippen LogP contribution in [0.2, 0.25) is 0 Å². The van der Waals surface area contributed by atoms with E-state index in [9.17, 15) is 13.2 Å². The van der Waals surface area contributed by atoms with Gasteiger partial charge in [0.2, 0.25) is 5.91 Å². The lowest BCUT2D eigenvalue weighted by Gasteiger charge is -2.22. The monoisotopic (exact) mass is 247 g/mol. The van der Waals surface area contributed by atoms with Crippen molar-refractivity contribution < 1.29 is 18.3 Å². The fourth-order valence-electron chi connectivity index (χ4n) is 1.82. The molecule has 1 aliphatic heterocycles. The number of nitrogens with zero attached hydrogens (tertiary/aromatic N) is 1. The van der Waals surface area contributed by atoms with Crippen LogP contribution in [0, 0.1) is 5.92 Å². The van der Waals surface area contributed by atoms with Crippen molar-refractivity contribution in [1.29, 1.82) is 0 Å². The summed E-state index contributed by atoms with van der Waals surface area (Å²) in [4.78, 5) is 13.4. The SMILES string of the molecule is C=CCN(CCO)C(=O)C1CCS(=O)(=O)C1.